The van der Waals surface area contributed by atoms with Crippen LogP contribution in [0.2, 0.25) is 0 Å². The first-order chi connectivity index (χ1) is 8.69. The number of benzene rings is 1. The molecule has 1 saturated heterocycles. The smallest absolute Gasteiger partial charge is 0.142 e. The van der Waals surface area contributed by atoms with E-state index in [-0.39, 0.29) is 0 Å². The Morgan fingerprint density at radius 2 is 2.28 bits per heavy atom. The fourth-order valence-corrected chi connectivity index (χ4v) is 2.35. The molecule has 100 valence electrons. The van der Waals surface area contributed by atoms with Gasteiger partial charge in [-0.25, -0.2) is 0 Å². The molecule has 1 fully saturated rings. The maximum Gasteiger partial charge on any atom is 0.142 e. The van der Waals surface area contributed by atoms with Crippen molar-refractivity contribution in [3.8, 4) is 5.75 Å². The number of nitrogens with one attached hydrogen (secondary N) is 1. The van der Waals surface area contributed by atoms with E-state index in [1.165, 1.54) is 18.5 Å². The van der Waals surface area contributed by atoms with E-state index in [0.717, 1.165) is 31.0 Å². The number of rotatable bonds is 5. The minimum atomic E-state index is 0.543. The molecule has 1 N–H and O–H groups in total. The maximum atomic E-state index is 5.83. The van der Waals surface area contributed by atoms with Crippen LogP contribution < -0.4 is 10.1 Å². The van der Waals surface area contributed by atoms with Gasteiger partial charge in [-0.1, -0.05) is 13.0 Å². The topological polar surface area (TPSA) is 24.5 Å². The summed E-state index contributed by atoms with van der Waals surface area (Å²) < 4.78 is 5.83. The molecule has 0 saturated carbocycles. The number of anilines is 1. The van der Waals surface area contributed by atoms with Gasteiger partial charge in [-0.15, -0.1) is 0 Å². The van der Waals surface area contributed by atoms with Crippen LogP contribution >= 0.6 is 0 Å². The van der Waals surface area contributed by atoms with Crippen molar-refractivity contribution in [1.82, 2.24) is 4.90 Å². The quantitative estimate of drug-likeness (QED) is 0.867. The Labute approximate surface area is 110 Å². The molecule has 3 heteroatoms. The number of ether oxygens (including phenoxy) is 1. The van der Waals surface area contributed by atoms with E-state index in [0.29, 0.717) is 6.04 Å². The predicted octanol–water partition coefficient (Wildman–Crippen LogP) is 2.90. The number of hydrogen-bond acceptors (Lipinski definition) is 3. The molecule has 2 rings (SSSR count). The maximum absolute atomic E-state index is 5.83. The van der Waals surface area contributed by atoms with E-state index in [1.54, 1.807) is 0 Å². The van der Waals surface area contributed by atoms with Crippen molar-refractivity contribution in [3.63, 3.8) is 0 Å². The molecular weight excluding hydrogens is 224 g/mol. The van der Waals surface area contributed by atoms with Crippen molar-refractivity contribution in [1.29, 1.82) is 0 Å². The van der Waals surface area contributed by atoms with Gasteiger partial charge in [0.15, 0.2) is 0 Å². The summed E-state index contributed by atoms with van der Waals surface area (Å²) in [5, 5.41) is 3.61. The van der Waals surface area contributed by atoms with Crippen LogP contribution in [0.4, 0.5) is 5.69 Å². The summed E-state index contributed by atoms with van der Waals surface area (Å²) in [6.45, 7) is 7.30. The molecule has 18 heavy (non-hydrogen) atoms. The second-order valence-corrected chi connectivity index (χ2v) is 5.24. The van der Waals surface area contributed by atoms with Crippen molar-refractivity contribution in [2.24, 2.45) is 0 Å². The van der Waals surface area contributed by atoms with E-state index in [4.69, 9.17) is 4.74 Å². The molecule has 1 aromatic carbocycles. The van der Waals surface area contributed by atoms with E-state index in [9.17, 15) is 0 Å². The van der Waals surface area contributed by atoms with Crippen molar-refractivity contribution in [3.05, 3.63) is 23.8 Å². The van der Waals surface area contributed by atoms with Gasteiger partial charge in [0.2, 0.25) is 0 Å². The second-order valence-electron chi connectivity index (χ2n) is 5.24. The number of nitrogens with zero attached hydrogens (tertiary/aromatic N) is 1. The lowest BCUT2D eigenvalue weighted by atomic mass is 10.2. The van der Waals surface area contributed by atoms with Crippen LogP contribution in [0.5, 0.6) is 5.75 Å². The molecule has 0 aromatic heterocycles. The monoisotopic (exact) mass is 248 g/mol. The van der Waals surface area contributed by atoms with Gasteiger partial charge in [0.1, 0.15) is 5.75 Å². The van der Waals surface area contributed by atoms with Gasteiger partial charge in [0, 0.05) is 12.6 Å². The van der Waals surface area contributed by atoms with E-state index in [2.05, 4.69) is 49.3 Å². The standard InChI is InChI=1S/C15H24N2O/c1-4-9-18-15-10-12(2)5-6-14(15)16-13-7-8-17(3)11-13/h5-6,10,13,16H,4,7-9,11H2,1-3H3. The summed E-state index contributed by atoms with van der Waals surface area (Å²) in [5.74, 6) is 0.992. The van der Waals surface area contributed by atoms with E-state index >= 15 is 0 Å². The van der Waals surface area contributed by atoms with Crippen molar-refractivity contribution in [2.75, 3.05) is 32.1 Å². The summed E-state index contributed by atoms with van der Waals surface area (Å²) in [6, 6.07) is 6.94. The minimum Gasteiger partial charge on any atom is -0.491 e. The van der Waals surface area contributed by atoms with Crippen LogP contribution in [0.3, 0.4) is 0 Å². The van der Waals surface area contributed by atoms with Gasteiger partial charge in [0.25, 0.3) is 0 Å². The summed E-state index contributed by atoms with van der Waals surface area (Å²) in [6.07, 6.45) is 2.25. The van der Waals surface area contributed by atoms with Crippen molar-refractivity contribution >= 4 is 5.69 Å². The Morgan fingerprint density at radius 1 is 1.44 bits per heavy atom. The molecule has 1 aliphatic rings. The average molecular weight is 248 g/mol. The lowest BCUT2D eigenvalue weighted by molar-refractivity contribution is 0.318. The first-order valence-electron chi connectivity index (χ1n) is 6.87. The third-order valence-electron chi connectivity index (χ3n) is 3.35. The number of likely N-dealkylation sites (N-methyl/N-ethyl adjacent to an activating group) is 1. The Kier molecular flexibility index (Phi) is 4.48. The molecule has 0 bridgehead atoms. The summed E-state index contributed by atoms with van der Waals surface area (Å²) in [5.41, 5.74) is 2.38. The molecule has 0 aliphatic carbocycles. The molecule has 1 aliphatic heterocycles. The third-order valence-corrected chi connectivity index (χ3v) is 3.35. The highest BCUT2D eigenvalue weighted by Crippen LogP contribution is 2.27. The Bertz CT molecular complexity index is 392. The second kappa shape index (κ2) is 6.10. The van der Waals surface area contributed by atoms with Crippen LogP contribution in [0.25, 0.3) is 0 Å². The highest BCUT2D eigenvalue weighted by molar-refractivity contribution is 5.58. The van der Waals surface area contributed by atoms with Gasteiger partial charge in [0.05, 0.1) is 12.3 Å². The number of likely N-dealkylation sites (tertiary alicyclic amines) is 1. The number of aryl methyl sites for hydroxylation is 1. The van der Waals surface area contributed by atoms with Gasteiger partial charge in [-0.2, -0.15) is 0 Å². The number of hydrogen-bond donors (Lipinski definition) is 1. The molecule has 1 atom stereocenters. The summed E-state index contributed by atoms with van der Waals surface area (Å²) >= 11 is 0. The molecule has 0 radical (unpaired) electrons. The minimum absolute atomic E-state index is 0.543. The van der Waals surface area contributed by atoms with Crippen LogP contribution in [0.1, 0.15) is 25.3 Å². The largest absolute Gasteiger partial charge is 0.491 e. The van der Waals surface area contributed by atoms with Crippen LogP contribution in [-0.2, 0) is 0 Å². The van der Waals surface area contributed by atoms with Gasteiger partial charge < -0.3 is 15.0 Å². The average Bonchev–Trinajstić information content (AvgIpc) is 2.75. The SMILES string of the molecule is CCCOc1cc(C)ccc1NC1CCN(C)C1. The third kappa shape index (κ3) is 3.39. The predicted molar refractivity (Wildman–Crippen MR) is 76.5 cm³/mol. The summed E-state index contributed by atoms with van der Waals surface area (Å²) in [7, 11) is 2.17. The molecule has 1 aromatic rings. The Hall–Kier alpha value is -1.22. The molecule has 3 nitrogen and oxygen atoms in total. The van der Waals surface area contributed by atoms with Crippen molar-refractivity contribution in [2.45, 2.75) is 32.7 Å². The van der Waals surface area contributed by atoms with Gasteiger partial charge >= 0.3 is 0 Å². The lowest BCUT2D eigenvalue weighted by Gasteiger charge is -2.18. The first kappa shape index (κ1) is 13.2. The fraction of sp³-hybridized carbons (Fsp3) is 0.600. The Morgan fingerprint density at radius 3 is 2.94 bits per heavy atom. The van der Waals surface area contributed by atoms with E-state index in [1.807, 2.05) is 0 Å². The Balaban J connectivity index is 2.06. The molecule has 1 heterocycles. The highest BCUT2D eigenvalue weighted by Gasteiger charge is 2.20. The zero-order valence-corrected chi connectivity index (χ0v) is 11.7. The zero-order valence-electron chi connectivity index (χ0n) is 11.7. The highest BCUT2D eigenvalue weighted by atomic mass is 16.5. The van der Waals surface area contributed by atoms with Gasteiger partial charge in [-0.3, -0.25) is 0 Å². The zero-order chi connectivity index (χ0) is 13.0. The molecule has 0 amide bonds. The normalized spacial score (nSPS) is 20.1. The van der Waals surface area contributed by atoms with Crippen molar-refractivity contribution < 1.29 is 4.74 Å². The van der Waals surface area contributed by atoms with Crippen LogP contribution in [0.15, 0.2) is 18.2 Å². The van der Waals surface area contributed by atoms with Crippen LogP contribution in [0, 0.1) is 6.92 Å². The molecular formula is C15H24N2O. The fourth-order valence-electron chi connectivity index (χ4n) is 2.35. The molecule has 0 spiro atoms. The van der Waals surface area contributed by atoms with Crippen LogP contribution in [-0.4, -0.2) is 37.7 Å². The summed E-state index contributed by atoms with van der Waals surface area (Å²) in [4.78, 5) is 2.36. The lowest BCUT2D eigenvalue weighted by Crippen LogP contribution is -2.23. The van der Waals surface area contributed by atoms with Gasteiger partial charge in [-0.05, 0) is 51.1 Å². The van der Waals surface area contributed by atoms with E-state index < -0.39 is 0 Å². The first-order valence-corrected chi connectivity index (χ1v) is 6.87. The molecule has 1 unspecified atom stereocenters.